The summed E-state index contributed by atoms with van der Waals surface area (Å²) in [5.41, 5.74) is 4.04. The van der Waals surface area contributed by atoms with Crippen LogP contribution in [0.15, 0.2) is 47.1 Å². The molecule has 3 rings (SSSR count). The maximum atomic E-state index is 5.41. The molecule has 0 aliphatic heterocycles. The first-order valence-corrected chi connectivity index (χ1v) is 8.73. The Morgan fingerprint density at radius 3 is 2.73 bits per heavy atom. The third-order valence-electron chi connectivity index (χ3n) is 3.78. The van der Waals surface area contributed by atoms with Crippen molar-refractivity contribution in [3.8, 4) is 0 Å². The molecule has 0 amide bonds. The van der Waals surface area contributed by atoms with Gasteiger partial charge >= 0.3 is 0 Å². The van der Waals surface area contributed by atoms with E-state index in [1.54, 1.807) is 6.26 Å². The van der Waals surface area contributed by atoms with Gasteiger partial charge in [-0.15, -0.1) is 11.8 Å². The smallest absolute Gasteiger partial charge is 0.113 e. The van der Waals surface area contributed by atoms with Gasteiger partial charge in [-0.1, -0.05) is 18.2 Å². The molecule has 0 saturated heterocycles. The van der Waals surface area contributed by atoms with E-state index in [1.807, 2.05) is 23.9 Å². The Bertz CT molecular complexity index is 716. The molecule has 1 aromatic carbocycles. The molecule has 0 fully saturated rings. The Hall–Kier alpha value is -1.65. The van der Waals surface area contributed by atoms with Crippen molar-refractivity contribution in [2.24, 2.45) is 0 Å². The lowest BCUT2D eigenvalue weighted by molar-refractivity contribution is 0.412. The first-order valence-electron chi connectivity index (χ1n) is 7.57. The summed E-state index contributed by atoms with van der Waals surface area (Å²) in [6, 6.07) is 12.6. The Balaban J connectivity index is 1.77. The van der Waals surface area contributed by atoms with Gasteiger partial charge in [-0.25, -0.2) is 0 Å². The topological polar surface area (TPSA) is 32.2 Å². The Labute approximate surface area is 135 Å². The van der Waals surface area contributed by atoms with Gasteiger partial charge < -0.3 is 14.3 Å². The molecule has 4 heteroatoms. The number of hydrogen-bond acceptors (Lipinski definition) is 3. The van der Waals surface area contributed by atoms with Crippen molar-refractivity contribution in [3.05, 3.63) is 59.7 Å². The van der Waals surface area contributed by atoms with Crippen molar-refractivity contribution in [2.45, 2.75) is 17.9 Å². The number of para-hydroxylation sites is 1. The van der Waals surface area contributed by atoms with E-state index in [4.69, 9.17) is 4.42 Å². The van der Waals surface area contributed by atoms with Crippen LogP contribution in [-0.4, -0.2) is 30.5 Å². The molecule has 0 saturated carbocycles. The van der Waals surface area contributed by atoms with E-state index in [1.165, 1.54) is 22.2 Å². The number of thioether (sulfide) groups is 1. The predicted molar refractivity (Wildman–Crippen MR) is 94.3 cm³/mol. The van der Waals surface area contributed by atoms with Crippen LogP contribution in [0.1, 0.15) is 17.0 Å². The first kappa shape index (κ1) is 15.3. The summed E-state index contributed by atoms with van der Waals surface area (Å²) >= 11 is 1.90. The number of hydrogen-bond donors (Lipinski definition) is 1. The number of aromatic amines is 1. The highest BCUT2D eigenvalue weighted by atomic mass is 32.2. The molecule has 3 aromatic rings. The number of rotatable bonds is 7. The molecule has 3 nitrogen and oxygen atoms in total. The van der Waals surface area contributed by atoms with Crippen molar-refractivity contribution in [1.29, 1.82) is 0 Å². The summed E-state index contributed by atoms with van der Waals surface area (Å²) in [5, 5.41) is 1.35. The summed E-state index contributed by atoms with van der Waals surface area (Å²) in [7, 11) is 4.24. The van der Waals surface area contributed by atoms with Crippen LogP contribution in [0.5, 0.6) is 0 Å². The summed E-state index contributed by atoms with van der Waals surface area (Å²) in [5.74, 6) is 2.97. The van der Waals surface area contributed by atoms with Crippen LogP contribution in [0.2, 0.25) is 0 Å². The fourth-order valence-electron chi connectivity index (χ4n) is 2.62. The number of furan rings is 1. The fourth-order valence-corrected chi connectivity index (χ4v) is 3.62. The number of aromatic nitrogens is 1. The molecule has 0 bridgehead atoms. The monoisotopic (exact) mass is 314 g/mol. The zero-order valence-corrected chi connectivity index (χ0v) is 14.0. The number of nitrogens with zero attached hydrogens (tertiary/aromatic N) is 1. The summed E-state index contributed by atoms with van der Waals surface area (Å²) in [6.07, 6.45) is 2.79. The molecule has 0 spiro atoms. The van der Waals surface area contributed by atoms with Gasteiger partial charge in [0.1, 0.15) is 5.76 Å². The van der Waals surface area contributed by atoms with Gasteiger partial charge in [-0.2, -0.15) is 0 Å². The van der Waals surface area contributed by atoms with Crippen molar-refractivity contribution in [3.63, 3.8) is 0 Å². The third kappa shape index (κ3) is 3.57. The highest BCUT2D eigenvalue weighted by Crippen LogP contribution is 2.28. The molecule has 0 unspecified atom stereocenters. The summed E-state index contributed by atoms with van der Waals surface area (Å²) in [4.78, 5) is 5.83. The molecule has 0 radical (unpaired) electrons. The van der Waals surface area contributed by atoms with Crippen LogP contribution in [-0.2, 0) is 17.9 Å². The van der Waals surface area contributed by atoms with E-state index in [-0.39, 0.29) is 0 Å². The van der Waals surface area contributed by atoms with Crippen molar-refractivity contribution in [2.75, 3.05) is 20.6 Å². The van der Waals surface area contributed by atoms with E-state index in [0.717, 1.165) is 30.2 Å². The zero-order chi connectivity index (χ0) is 15.4. The van der Waals surface area contributed by atoms with E-state index in [9.17, 15) is 0 Å². The van der Waals surface area contributed by atoms with Crippen molar-refractivity contribution in [1.82, 2.24) is 9.88 Å². The molecule has 2 aromatic heterocycles. The molecular weight excluding hydrogens is 292 g/mol. The molecule has 0 atom stereocenters. The van der Waals surface area contributed by atoms with Gasteiger partial charge in [-0.3, -0.25) is 0 Å². The van der Waals surface area contributed by atoms with Gasteiger partial charge in [0, 0.05) is 35.3 Å². The maximum Gasteiger partial charge on any atom is 0.113 e. The Morgan fingerprint density at radius 1 is 1.09 bits per heavy atom. The molecule has 22 heavy (non-hydrogen) atoms. The van der Waals surface area contributed by atoms with Crippen LogP contribution in [0.4, 0.5) is 0 Å². The molecule has 116 valence electrons. The van der Waals surface area contributed by atoms with Crippen LogP contribution >= 0.6 is 11.8 Å². The minimum absolute atomic E-state index is 0.916. The SMILES string of the molecule is CN(C)CCc1[nH]c2ccccc2c1CSCc1ccco1. The van der Waals surface area contributed by atoms with E-state index in [2.05, 4.69) is 48.2 Å². The fraction of sp³-hybridized carbons (Fsp3) is 0.333. The lowest BCUT2D eigenvalue weighted by Crippen LogP contribution is -2.15. The van der Waals surface area contributed by atoms with Crippen molar-refractivity contribution >= 4 is 22.7 Å². The molecule has 0 aliphatic rings. The lowest BCUT2D eigenvalue weighted by atomic mass is 10.1. The second-order valence-corrected chi connectivity index (χ2v) is 6.74. The number of benzene rings is 1. The maximum absolute atomic E-state index is 5.41. The molecule has 2 heterocycles. The predicted octanol–water partition coefficient (Wildman–Crippen LogP) is 4.30. The third-order valence-corrected chi connectivity index (χ3v) is 4.76. The Morgan fingerprint density at radius 2 is 1.95 bits per heavy atom. The number of likely N-dealkylation sites (N-methyl/N-ethyl adjacent to an activating group) is 1. The minimum Gasteiger partial charge on any atom is -0.468 e. The molecule has 0 aliphatic carbocycles. The van der Waals surface area contributed by atoms with E-state index >= 15 is 0 Å². The minimum atomic E-state index is 0.916. The highest BCUT2D eigenvalue weighted by molar-refractivity contribution is 7.97. The van der Waals surface area contributed by atoms with E-state index in [0.29, 0.717) is 0 Å². The molecular formula is C18H22N2OS. The standard InChI is InChI=1S/C18H22N2OS/c1-20(2)10-9-18-16(13-22-12-14-6-5-11-21-14)15-7-3-4-8-17(15)19-18/h3-8,11,19H,9-10,12-13H2,1-2H3. The second-order valence-electron chi connectivity index (χ2n) is 5.75. The number of fused-ring (bicyclic) bond motifs is 1. The Kier molecular flexibility index (Phi) is 4.90. The molecule has 1 N–H and O–H groups in total. The van der Waals surface area contributed by atoms with Gasteiger partial charge in [0.05, 0.1) is 12.0 Å². The average molecular weight is 314 g/mol. The normalized spacial score (nSPS) is 11.6. The summed E-state index contributed by atoms with van der Waals surface area (Å²) < 4.78 is 5.41. The summed E-state index contributed by atoms with van der Waals surface area (Å²) in [6.45, 7) is 1.06. The van der Waals surface area contributed by atoms with Gasteiger partial charge in [0.15, 0.2) is 0 Å². The zero-order valence-electron chi connectivity index (χ0n) is 13.1. The average Bonchev–Trinajstić information content (AvgIpc) is 3.13. The van der Waals surface area contributed by atoms with Crippen LogP contribution in [0, 0.1) is 0 Å². The lowest BCUT2D eigenvalue weighted by Gasteiger charge is -2.10. The highest BCUT2D eigenvalue weighted by Gasteiger charge is 2.11. The van der Waals surface area contributed by atoms with Crippen LogP contribution < -0.4 is 0 Å². The first-order chi connectivity index (χ1) is 10.7. The van der Waals surface area contributed by atoms with Gasteiger partial charge in [0.25, 0.3) is 0 Å². The van der Waals surface area contributed by atoms with Gasteiger partial charge in [0.2, 0.25) is 0 Å². The van der Waals surface area contributed by atoms with E-state index < -0.39 is 0 Å². The number of H-pyrrole nitrogens is 1. The van der Waals surface area contributed by atoms with Gasteiger partial charge in [-0.05, 0) is 37.9 Å². The van der Waals surface area contributed by atoms with Crippen LogP contribution in [0.25, 0.3) is 10.9 Å². The quantitative estimate of drug-likeness (QED) is 0.705. The van der Waals surface area contributed by atoms with Crippen LogP contribution in [0.3, 0.4) is 0 Å². The number of nitrogens with one attached hydrogen (secondary N) is 1. The second kappa shape index (κ2) is 7.07. The van der Waals surface area contributed by atoms with Crippen molar-refractivity contribution < 1.29 is 4.42 Å². The largest absolute Gasteiger partial charge is 0.468 e.